The second-order valence-electron chi connectivity index (χ2n) is 4.04. The smallest absolute Gasteiger partial charge is 0.182 e. The second-order valence-corrected chi connectivity index (χ2v) is 6.03. The van der Waals surface area contributed by atoms with Crippen LogP contribution in [-0.4, -0.2) is 18.2 Å². The predicted octanol–water partition coefficient (Wildman–Crippen LogP) is 1.46. The molecule has 0 atom stereocenters. The van der Waals surface area contributed by atoms with Gasteiger partial charge in [-0.05, 0) is 25.1 Å². The zero-order chi connectivity index (χ0) is 13.2. The van der Waals surface area contributed by atoms with E-state index in [0.717, 1.165) is 6.54 Å². The number of nitrogens with zero attached hydrogens (tertiary/aromatic N) is 2. The topological polar surface area (TPSA) is 78.0 Å². The number of nitrogen functional groups attached to an aromatic ring is 1. The van der Waals surface area contributed by atoms with Gasteiger partial charge < -0.3 is 5.73 Å². The minimum absolute atomic E-state index is 0.0591. The Labute approximate surface area is 106 Å². The number of sulfone groups is 1. The summed E-state index contributed by atoms with van der Waals surface area (Å²) in [5.74, 6) is -0.0591. The number of hydrogen-bond acceptors (Lipinski definition) is 4. The maximum Gasteiger partial charge on any atom is 0.182 e. The quantitative estimate of drug-likeness (QED) is 0.849. The molecule has 0 aliphatic rings. The highest BCUT2D eigenvalue weighted by atomic mass is 32.2. The Hall–Kier alpha value is -1.82. The summed E-state index contributed by atoms with van der Waals surface area (Å²) in [5.41, 5.74) is 6.72. The number of nitrogens with two attached hydrogens (primary N) is 1. The Morgan fingerprint density at radius 3 is 2.78 bits per heavy atom. The van der Waals surface area contributed by atoms with Crippen LogP contribution in [0.1, 0.15) is 12.5 Å². The standard InChI is InChI=1S/C12H15N3O2S/c1-2-15-8-10(7-14-15)9-18(16,17)12-5-3-4-11(13)6-12/h3-8H,2,9,13H2,1H3. The highest BCUT2D eigenvalue weighted by Gasteiger charge is 2.16. The Balaban J connectivity index is 2.27. The number of aromatic nitrogens is 2. The molecule has 0 radical (unpaired) electrons. The van der Waals surface area contributed by atoms with Gasteiger partial charge in [0.2, 0.25) is 0 Å². The summed E-state index contributed by atoms with van der Waals surface area (Å²) in [4.78, 5) is 0.242. The van der Waals surface area contributed by atoms with E-state index in [4.69, 9.17) is 5.73 Å². The van der Waals surface area contributed by atoms with E-state index in [1.165, 1.54) is 6.07 Å². The van der Waals surface area contributed by atoms with Gasteiger partial charge in [0.1, 0.15) is 0 Å². The number of hydrogen-bond donors (Lipinski definition) is 1. The summed E-state index contributed by atoms with van der Waals surface area (Å²) in [7, 11) is -3.36. The molecule has 18 heavy (non-hydrogen) atoms. The third-order valence-electron chi connectivity index (χ3n) is 2.58. The maximum atomic E-state index is 12.2. The SMILES string of the molecule is CCn1cc(CS(=O)(=O)c2cccc(N)c2)cn1. The van der Waals surface area contributed by atoms with Crippen LogP contribution in [0, 0.1) is 0 Å². The van der Waals surface area contributed by atoms with E-state index in [9.17, 15) is 8.42 Å². The molecule has 6 heteroatoms. The summed E-state index contributed by atoms with van der Waals surface area (Å²) in [6.07, 6.45) is 3.32. The molecule has 5 nitrogen and oxygen atoms in total. The lowest BCUT2D eigenvalue weighted by Crippen LogP contribution is -2.05. The number of rotatable bonds is 4. The third kappa shape index (κ3) is 2.70. The van der Waals surface area contributed by atoms with Gasteiger partial charge in [-0.3, -0.25) is 4.68 Å². The van der Waals surface area contributed by atoms with Crippen LogP contribution in [-0.2, 0) is 22.1 Å². The van der Waals surface area contributed by atoms with E-state index in [0.29, 0.717) is 11.3 Å². The van der Waals surface area contributed by atoms with Crippen molar-refractivity contribution in [3.8, 4) is 0 Å². The van der Waals surface area contributed by atoms with Crippen LogP contribution in [0.3, 0.4) is 0 Å². The van der Waals surface area contributed by atoms with Gasteiger partial charge in [0.15, 0.2) is 9.84 Å². The van der Waals surface area contributed by atoms with Crippen molar-refractivity contribution in [3.63, 3.8) is 0 Å². The maximum absolute atomic E-state index is 12.2. The normalized spacial score (nSPS) is 11.6. The van der Waals surface area contributed by atoms with E-state index in [1.807, 2.05) is 6.92 Å². The van der Waals surface area contributed by atoms with E-state index >= 15 is 0 Å². The van der Waals surface area contributed by atoms with Crippen molar-refractivity contribution < 1.29 is 8.42 Å². The lowest BCUT2D eigenvalue weighted by molar-refractivity contribution is 0.595. The molecule has 0 saturated heterocycles. The second kappa shape index (κ2) is 4.81. The first-order valence-corrected chi connectivity index (χ1v) is 7.26. The molecule has 2 aromatic rings. The highest BCUT2D eigenvalue weighted by Crippen LogP contribution is 2.18. The molecular weight excluding hydrogens is 250 g/mol. The van der Waals surface area contributed by atoms with E-state index in [1.54, 1.807) is 35.3 Å². The van der Waals surface area contributed by atoms with Crippen molar-refractivity contribution in [2.75, 3.05) is 5.73 Å². The average molecular weight is 265 g/mol. The predicted molar refractivity (Wildman–Crippen MR) is 69.6 cm³/mol. The monoisotopic (exact) mass is 265 g/mol. The molecule has 96 valence electrons. The molecule has 0 bridgehead atoms. The highest BCUT2D eigenvalue weighted by molar-refractivity contribution is 7.90. The van der Waals surface area contributed by atoms with Crippen LogP contribution in [0.4, 0.5) is 5.69 Å². The lowest BCUT2D eigenvalue weighted by Gasteiger charge is -2.03. The molecule has 0 amide bonds. The van der Waals surface area contributed by atoms with Crippen molar-refractivity contribution in [1.29, 1.82) is 0 Å². The van der Waals surface area contributed by atoms with Gasteiger partial charge in [-0.1, -0.05) is 6.07 Å². The largest absolute Gasteiger partial charge is 0.399 e. The molecule has 1 aromatic heterocycles. The molecule has 0 aliphatic carbocycles. The van der Waals surface area contributed by atoms with Crippen molar-refractivity contribution in [2.45, 2.75) is 24.1 Å². The Morgan fingerprint density at radius 1 is 1.39 bits per heavy atom. The molecular formula is C12H15N3O2S. The van der Waals surface area contributed by atoms with E-state index in [2.05, 4.69) is 5.10 Å². The molecule has 0 fully saturated rings. The van der Waals surface area contributed by atoms with Gasteiger partial charge in [0.05, 0.1) is 16.8 Å². The first-order valence-electron chi connectivity index (χ1n) is 5.61. The van der Waals surface area contributed by atoms with Gasteiger partial charge in [-0.2, -0.15) is 5.10 Å². The molecule has 0 aliphatic heterocycles. The van der Waals surface area contributed by atoms with E-state index < -0.39 is 9.84 Å². The number of aryl methyl sites for hydroxylation is 1. The van der Waals surface area contributed by atoms with E-state index in [-0.39, 0.29) is 10.6 Å². The molecule has 0 saturated carbocycles. The van der Waals surface area contributed by atoms with Crippen molar-refractivity contribution in [3.05, 3.63) is 42.2 Å². The zero-order valence-corrected chi connectivity index (χ0v) is 10.9. The van der Waals surface area contributed by atoms with Gasteiger partial charge in [-0.25, -0.2) is 8.42 Å². The fourth-order valence-electron chi connectivity index (χ4n) is 1.66. The lowest BCUT2D eigenvalue weighted by atomic mass is 10.3. The van der Waals surface area contributed by atoms with Crippen LogP contribution >= 0.6 is 0 Å². The van der Waals surface area contributed by atoms with Gasteiger partial charge >= 0.3 is 0 Å². The third-order valence-corrected chi connectivity index (χ3v) is 4.27. The first-order chi connectivity index (χ1) is 8.51. The average Bonchev–Trinajstić information content (AvgIpc) is 2.76. The number of benzene rings is 1. The Kier molecular flexibility index (Phi) is 3.38. The summed E-state index contributed by atoms with van der Waals surface area (Å²) >= 11 is 0. The fourth-order valence-corrected chi connectivity index (χ4v) is 3.02. The van der Waals surface area contributed by atoms with Crippen molar-refractivity contribution in [2.24, 2.45) is 0 Å². The van der Waals surface area contributed by atoms with Gasteiger partial charge in [0, 0.05) is 24.0 Å². The Bertz CT molecular complexity index is 647. The number of anilines is 1. The van der Waals surface area contributed by atoms with Crippen LogP contribution in [0.25, 0.3) is 0 Å². The Morgan fingerprint density at radius 2 is 2.17 bits per heavy atom. The zero-order valence-electron chi connectivity index (χ0n) is 10.1. The van der Waals surface area contributed by atoms with Gasteiger partial charge in [0.25, 0.3) is 0 Å². The molecule has 2 rings (SSSR count). The van der Waals surface area contributed by atoms with Crippen LogP contribution < -0.4 is 5.73 Å². The van der Waals surface area contributed by atoms with Crippen LogP contribution in [0.15, 0.2) is 41.6 Å². The minimum Gasteiger partial charge on any atom is -0.399 e. The van der Waals surface area contributed by atoms with Crippen LogP contribution in [0.2, 0.25) is 0 Å². The first kappa shape index (κ1) is 12.6. The molecule has 0 spiro atoms. The summed E-state index contributed by atoms with van der Waals surface area (Å²) in [6, 6.07) is 6.32. The molecule has 2 N–H and O–H groups in total. The van der Waals surface area contributed by atoms with Gasteiger partial charge in [-0.15, -0.1) is 0 Å². The van der Waals surface area contributed by atoms with Crippen molar-refractivity contribution >= 4 is 15.5 Å². The summed E-state index contributed by atoms with van der Waals surface area (Å²) in [6.45, 7) is 2.67. The summed E-state index contributed by atoms with van der Waals surface area (Å²) in [5, 5.41) is 4.06. The molecule has 0 unspecified atom stereocenters. The minimum atomic E-state index is -3.36. The molecule has 1 aromatic carbocycles. The molecule has 1 heterocycles. The van der Waals surface area contributed by atoms with Crippen LogP contribution in [0.5, 0.6) is 0 Å². The fraction of sp³-hybridized carbons (Fsp3) is 0.250. The summed E-state index contributed by atoms with van der Waals surface area (Å²) < 4.78 is 26.0. The van der Waals surface area contributed by atoms with Crippen molar-refractivity contribution in [1.82, 2.24) is 9.78 Å².